The average molecular weight is 650 g/mol. The SMILES string of the molecule is Cc1cc(C)c(-c2ccc3ccc4c(-c5c(C)cc(C)cc5C)cc(-c5nc6cc(-c7ccc(F)cc7)ccc6o5)c5ccc2c3c54)c(C)c1. The number of oxazole rings is 1. The fraction of sp³-hybridized carbons (Fsp3) is 0.128. The first kappa shape index (κ1) is 30.3. The molecule has 0 saturated heterocycles. The van der Waals surface area contributed by atoms with Crippen molar-refractivity contribution < 1.29 is 8.81 Å². The Morgan fingerprint density at radius 3 is 1.68 bits per heavy atom. The normalized spacial score (nSPS) is 11.9. The zero-order valence-corrected chi connectivity index (χ0v) is 29.1. The smallest absolute Gasteiger partial charge is 0.227 e. The number of aromatic nitrogens is 1. The molecule has 8 aromatic carbocycles. The number of fused-ring (bicyclic) bond motifs is 1. The van der Waals surface area contributed by atoms with Gasteiger partial charge in [-0.05, 0) is 160 Å². The number of benzene rings is 8. The maximum absolute atomic E-state index is 13.7. The zero-order chi connectivity index (χ0) is 34.4. The summed E-state index contributed by atoms with van der Waals surface area (Å²) in [6, 6.07) is 37.7. The molecule has 0 aliphatic rings. The minimum atomic E-state index is -0.251. The second kappa shape index (κ2) is 11.1. The van der Waals surface area contributed by atoms with Crippen LogP contribution in [0.2, 0.25) is 0 Å². The van der Waals surface area contributed by atoms with Crippen molar-refractivity contribution >= 4 is 43.4 Å². The van der Waals surface area contributed by atoms with Gasteiger partial charge in [0.15, 0.2) is 5.58 Å². The van der Waals surface area contributed by atoms with E-state index in [0.717, 1.165) is 27.6 Å². The van der Waals surface area contributed by atoms with Crippen LogP contribution in [0.1, 0.15) is 33.4 Å². The number of hydrogen-bond donors (Lipinski definition) is 0. The lowest BCUT2D eigenvalue weighted by molar-refractivity contribution is 0.620. The summed E-state index contributed by atoms with van der Waals surface area (Å²) >= 11 is 0. The summed E-state index contributed by atoms with van der Waals surface area (Å²) in [6.45, 7) is 13.2. The van der Waals surface area contributed by atoms with Crippen molar-refractivity contribution in [2.75, 3.05) is 0 Å². The second-order valence-corrected chi connectivity index (χ2v) is 14.1. The molecule has 9 aromatic rings. The number of aryl methyl sites for hydroxylation is 6. The molecule has 0 atom stereocenters. The zero-order valence-electron chi connectivity index (χ0n) is 29.1. The summed E-state index contributed by atoms with van der Waals surface area (Å²) in [5.74, 6) is 0.335. The summed E-state index contributed by atoms with van der Waals surface area (Å²) in [5.41, 5.74) is 16.9. The predicted octanol–water partition coefficient (Wildman–Crippen LogP) is 13.4. The molecule has 0 spiro atoms. The molecule has 0 bridgehead atoms. The van der Waals surface area contributed by atoms with Gasteiger partial charge in [0.1, 0.15) is 11.3 Å². The molecule has 0 aliphatic carbocycles. The fourth-order valence-corrected chi connectivity index (χ4v) is 8.57. The molecule has 9 rings (SSSR count). The van der Waals surface area contributed by atoms with E-state index in [1.165, 1.54) is 94.7 Å². The Morgan fingerprint density at radius 2 is 1.02 bits per heavy atom. The van der Waals surface area contributed by atoms with Crippen LogP contribution in [0.5, 0.6) is 0 Å². The summed E-state index contributed by atoms with van der Waals surface area (Å²) in [6.07, 6.45) is 0. The van der Waals surface area contributed by atoms with Gasteiger partial charge in [0, 0.05) is 5.56 Å². The lowest BCUT2D eigenvalue weighted by Crippen LogP contribution is -1.96. The van der Waals surface area contributed by atoms with Gasteiger partial charge >= 0.3 is 0 Å². The molecule has 2 nitrogen and oxygen atoms in total. The molecule has 0 amide bonds. The van der Waals surface area contributed by atoms with Crippen molar-refractivity contribution in [3.8, 4) is 44.8 Å². The molecule has 50 heavy (non-hydrogen) atoms. The molecule has 1 heterocycles. The highest BCUT2D eigenvalue weighted by Gasteiger charge is 2.23. The Hall–Kier alpha value is -5.80. The average Bonchev–Trinajstić information content (AvgIpc) is 3.51. The van der Waals surface area contributed by atoms with E-state index < -0.39 is 0 Å². The number of rotatable bonds is 4. The van der Waals surface area contributed by atoms with Crippen LogP contribution in [0.25, 0.3) is 88.3 Å². The van der Waals surface area contributed by atoms with E-state index in [-0.39, 0.29) is 5.82 Å². The van der Waals surface area contributed by atoms with Gasteiger partial charge in [-0.15, -0.1) is 0 Å². The molecule has 0 saturated carbocycles. The quantitative estimate of drug-likeness (QED) is 0.177. The molecule has 0 fully saturated rings. The number of halogens is 1. The van der Waals surface area contributed by atoms with E-state index in [1.54, 1.807) is 12.1 Å². The molecular weight excluding hydrogens is 614 g/mol. The third-order valence-corrected chi connectivity index (χ3v) is 10.5. The maximum Gasteiger partial charge on any atom is 0.227 e. The molecule has 3 heteroatoms. The highest BCUT2D eigenvalue weighted by Crippen LogP contribution is 2.48. The van der Waals surface area contributed by atoms with Crippen LogP contribution in [0.4, 0.5) is 4.39 Å². The molecule has 1 aromatic heterocycles. The minimum absolute atomic E-state index is 0.251. The standard InChI is InChI=1S/C47H36FNO/c1-25-19-27(3)43(28(4)20-25)35-14-9-32-10-15-37-39(44-29(5)21-26(2)22-30(44)6)24-40(38-17-16-36(35)45(32)46(37)38)47-49-41-23-33(11-18-42(41)50-47)31-7-12-34(48)13-8-31/h7-24H,1-6H3. The third-order valence-electron chi connectivity index (χ3n) is 10.5. The topological polar surface area (TPSA) is 26.0 Å². The molecule has 0 radical (unpaired) electrons. The fourth-order valence-electron chi connectivity index (χ4n) is 8.57. The van der Waals surface area contributed by atoms with E-state index >= 15 is 0 Å². The van der Waals surface area contributed by atoms with E-state index in [1.807, 2.05) is 18.2 Å². The summed E-state index contributed by atoms with van der Waals surface area (Å²) in [7, 11) is 0. The first-order valence-corrected chi connectivity index (χ1v) is 17.2. The van der Waals surface area contributed by atoms with E-state index in [0.29, 0.717) is 11.5 Å². The first-order chi connectivity index (χ1) is 24.1. The van der Waals surface area contributed by atoms with Crippen molar-refractivity contribution in [1.29, 1.82) is 0 Å². The van der Waals surface area contributed by atoms with E-state index in [4.69, 9.17) is 9.40 Å². The van der Waals surface area contributed by atoms with Gasteiger partial charge in [-0.1, -0.05) is 90.0 Å². The highest BCUT2D eigenvalue weighted by molar-refractivity contribution is 6.30. The largest absolute Gasteiger partial charge is 0.436 e. The van der Waals surface area contributed by atoms with Crippen molar-refractivity contribution in [2.24, 2.45) is 0 Å². The lowest BCUT2D eigenvalue weighted by Gasteiger charge is -2.21. The van der Waals surface area contributed by atoms with Crippen LogP contribution < -0.4 is 0 Å². The van der Waals surface area contributed by atoms with Crippen molar-refractivity contribution in [3.63, 3.8) is 0 Å². The molecule has 0 unspecified atom stereocenters. The number of hydrogen-bond acceptors (Lipinski definition) is 2. The van der Waals surface area contributed by atoms with Gasteiger partial charge in [0.25, 0.3) is 0 Å². The Bertz CT molecular complexity index is 2770. The van der Waals surface area contributed by atoms with Crippen LogP contribution in [0, 0.1) is 47.4 Å². The monoisotopic (exact) mass is 649 g/mol. The first-order valence-electron chi connectivity index (χ1n) is 17.2. The molecular formula is C47H36FNO. The van der Waals surface area contributed by atoms with Gasteiger partial charge in [0.2, 0.25) is 5.89 Å². The van der Waals surface area contributed by atoms with Crippen LogP contribution in [0.3, 0.4) is 0 Å². The second-order valence-electron chi connectivity index (χ2n) is 14.1. The molecule has 242 valence electrons. The lowest BCUT2D eigenvalue weighted by atomic mass is 9.82. The van der Waals surface area contributed by atoms with Gasteiger partial charge in [-0.3, -0.25) is 0 Å². The van der Waals surface area contributed by atoms with Crippen LogP contribution in [0.15, 0.2) is 114 Å². The summed E-state index contributed by atoms with van der Waals surface area (Å²) in [5, 5.41) is 7.29. The summed E-state index contributed by atoms with van der Waals surface area (Å²) in [4.78, 5) is 5.12. The van der Waals surface area contributed by atoms with Gasteiger partial charge in [-0.2, -0.15) is 0 Å². The van der Waals surface area contributed by atoms with Crippen molar-refractivity contribution in [3.05, 3.63) is 148 Å². The Kier molecular flexibility index (Phi) is 6.73. The highest BCUT2D eigenvalue weighted by atomic mass is 19.1. The predicted molar refractivity (Wildman–Crippen MR) is 208 cm³/mol. The van der Waals surface area contributed by atoms with Gasteiger partial charge in [0.05, 0.1) is 0 Å². The molecule has 0 aliphatic heterocycles. The Balaban J connectivity index is 1.37. The van der Waals surface area contributed by atoms with Crippen LogP contribution >= 0.6 is 0 Å². The van der Waals surface area contributed by atoms with Crippen molar-refractivity contribution in [2.45, 2.75) is 41.5 Å². The number of nitrogens with zero attached hydrogens (tertiary/aromatic N) is 1. The minimum Gasteiger partial charge on any atom is -0.436 e. The summed E-state index contributed by atoms with van der Waals surface area (Å²) < 4.78 is 20.3. The maximum atomic E-state index is 13.7. The van der Waals surface area contributed by atoms with Gasteiger partial charge in [-0.25, -0.2) is 9.37 Å². The van der Waals surface area contributed by atoms with Gasteiger partial charge < -0.3 is 4.42 Å². The Labute approximate surface area is 291 Å². The molecule has 0 N–H and O–H groups in total. The van der Waals surface area contributed by atoms with Crippen LogP contribution in [-0.4, -0.2) is 4.98 Å². The van der Waals surface area contributed by atoms with E-state index in [2.05, 4.69) is 108 Å². The third kappa shape index (κ3) is 4.64. The Morgan fingerprint density at radius 1 is 0.480 bits per heavy atom. The van der Waals surface area contributed by atoms with Crippen LogP contribution in [-0.2, 0) is 0 Å². The van der Waals surface area contributed by atoms with Crippen molar-refractivity contribution in [1.82, 2.24) is 4.98 Å². The van der Waals surface area contributed by atoms with E-state index in [9.17, 15) is 4.39 Å².